The molecular formula is C10H26OS3Si3. The summed E-state index contributed by atoms with van der Waals surface area (Å²) < 4.78 is 6.62. The molecule has 1 heterocycles. The molecule has 102 valence electrons. The van der Waals surface area contributed by atoms with Gasteiger partial charge in [-0.25, -0.2) is 0 Å². The second kappa shape index (κ2) is 5.21. The average molecular weight is 343 g/mol. The predicted molar refractivity (Wildman–Crippen MR) is 96.6 cm³/mol. The largest absolute Gasteiger partial charge is 0.414 e. The predicted octanol–water partition coefficient (Wildman–Crippen LogP) is 3.16. The molecular weight excluding hydrogens is 317 g/mol. The zero-order valence-electron chi connectivity index (χ0n) is 11.6. The van der Waals surface area contributed by atoms with Gasteiger partial charge in [0, 0.05) is 11.1 Å². The number of thiol groups is 3. The highest BCUT2D eigenvalue weighted by atomic mass is 32.1. The molecule has 0 N–H and O–H groups in total. The van der Waals surface area contributed by atoms with Crippen molar-refractivity contribution in [3.63, 3.8) is 0 Å². The van der Waals surface area contributed by atoms with Crippen molar-refractivity contribution in [3.8, 4) is 0 Å². The van der Waals surface area contributed by atoms with Crippen LogP contribution in [0.5, 0.6) is 0 Å². The summed E-state index contributed by atoms with van der Waals surface area (Å²) in [7, 11) is -4.33. The zero-order chi connectivity index (χ0) is 13.5. The van der Waals surface area contributed by atoms with Gasteiger partial charge in [0.05, 0.1) is 20.3 Å². The highest BCUT2D eigenvalue weighted by Gasteiger charge is 2.64. The van der Waals surface area contributed by atoms with Crippen molar-refractivity contribution in [1.29, 1.82) is 0 Å². The molecule has 1 saturated heterocycles. The average Bonchev–Trinajstić information content (AvgIpc) is 2.26. The normalized spacial score (nSPS) is 45.9. The molecule has 0 amide bonds. The van der Waals surface area contributed by atoms with E-state index in [1.165, 1.54) is 6.04 Å². The first kappa shape index (κ1) is 16.7. The fraction of sp³-hybridized carbons (Fsp3) is 1.00. The molecule has 0 aromatic carbocycles. The van der Waals surface area contributed by atoms with Crippen molar-refractivity contribution >= 4 is 60.4 Å². The molecule has 1 fully saturated rings. The Morgan fingerprint density at radius 3 is 1.94 bits per heavy atom. The quantitative estimate of drug-likeness (QED) is 0.527. The molecule has 1 aliphatic rings. The summed E-state index contributed by atoms with van der Waals surface area (Å²) in [6.45, 7) is 12.3. The van der Waals surface area contributed by atoms with Crippen LogP contribution in [0, 0.1) is 0 Å². The Balaban J connectivity index is 3.25. The summed E-state index contributed by atoms with van der Waals surface area (Å²) in [5, 5.41) is 2.04. The van der Waals surface area contributed by atoms with E-state index in [-0.39, 0.29) is 5.60 Å². The molecule has 1 aliphatic heterocycles. The topological polar surface area (TPSA) is 9.23 Å². The Morgan fingerprint density at radius 1 is 1.06 bits per heavy atom. The van der Waals surface area contributed by atoms with E-state index in [2.05, 4.69) is 58.4 Å². The molecule has 0 spiro atoms. The standard InChI is InChI=1S/C10H26OS3Si3/c1-10(6-12)7-16(4,8-13)15(2,3)17(5,9-14)11-10/h12-14H,6-9H2,1-5H3. The van der Waals surface area contributed by atoms with Crippen molar-refractivity contribution in [2.45, 2.75) is 44.8 Å². The second-order valence-electron chi connectivity index (χ2n) is 6.62. The number of hydrogen-bond acceptors (Lipinski definition) is 4. The van der Waals surface area contributed by atoms with Gasteiger partial charge >= 0.3 is 0 Å². The Labute approximate surface area is 125 Å². The third kappa shape index (κ3) is 2.62. The van der Waals surface area contributed by atoms with Crippen LogP contribution in [-0.4, -0.2) is 44.6 Å². The lowest BCUT2D eigenvalue weighted by Crippen LogP contribution is -2.82. The summed E-state index contributed by atoms with van der Waals surface area (Å²) in [4.78, 5) is 0. The Hall–Kier alpha value is 1.66. The van der Waals surface area contributed by atoms with Gasteiger partial charge in [0.25, 0.3) is 0 Å². The number of hydrogen-bond donors (Lipinski definition) is 3. The minimum atomic E-state index is -1.68. The van der Waals surface area contributed by atoms with Crippen molar-refractivity contribution < 1.29 is 4.43 Å². The van der Waals surface area contributed by atoms with Crippen LogP contribution < -0.4 is 0 Å². The minimum absolute atomic E-state index is 0.0287. The molecule has 0 bridgehead atoms. The third-order valence-electron chi connectivity index (χ3n) is 5.05. The van der Waals surface area contributed by atoms with Crippen LogP contribution in [0.15, 0.2) is 0 Å². The van der Waals surface area contributed by atoms with E-state index < -0.39 is 22.5 Å². The first-order valence-corrected chi connectivity index (χ1v) is 18.6. The molecule has 7 heteroatoms. The third-order valence-corrected chi connectivity index (χ3v) is 49.9. The maximum Gasteiger partial charge on any atom is 0.184 e. The molecule has 0 aromatic heterocycles. The molecule has 0 aromatic rings. The minimum Gasteiger partial charge on any atom is -0.414 e. The molecule has 3 atom stereocenters. The monoisotopic (exact) mass is 342 g/mol. The van der Waals surface area contributed by atoms with Gasteiger partial charge in [-0.05, 0) is 24.9 Å². The first-order chi connectivity index (χ1) is 7.60. The summed E-state index contributed by atoms with van der Waals surface area (Å²) >= 11 is 13.9. The lowest BCUT2D eigenvalue weighted by atomic mass is 10.2. The second-order valence-corrected chi connectivity index (χ2v) is 34.7. The van der Waals surface area contributed by atoms with Gasteiger partial charge in [0.2, 0.25) is 0 Å². The Bertz CT molecular complexity index is 281. The SMILES string of the molecule is CC1(CS)C[Si](C)(CS)[Si](C)(C)[Si](C)(CS)O1. The maximum absolute atomic E-state index is 6.62. The van der Waals surface area contributed by atoms with E-state index in [0.29, 0.717) is 0 Å². The van der Waals surface area contributed by atoms with Crippen LogP contribution in [0.1, 0.15) is 6.92 Å². The van der Waals surface area contributed by atoms with Crippen LogP contribution in [-0.2, 0) is 4.43 Å². The van der Waals surface area contributed by atoms with Crippen LogP contribution in [0.4, 0.5) is 0 Å². The van der Waals surface area contributed by atoms with Crippen molar-refractivity contribution in [1.82, 2.24) is 0 Å². The Kier molecular flexibility index (Phi) is 5.13. The molecule has 3 unspecified atom stereocenters. The van der Waals surface area contributed by atoms with Crippen LogP contribution in [0.2, 0.25) is 32.2 Å². The van der Waals surface area contributed by atoms with E-state index in [9.17, 15) is 0 Å². The van der Waals surface area contributed by atoms with E-state index >= 15 is 0 Å². The molecule has 0 aliphatic carbocycles. The maximum atomic E-state index is 6.62. The van der Waals surface area contributed by atoms with Gasteiger partial charge in [0.15, 0.2) is 7.83 Å². The smallest absolute Gasteiger partial charge is 0.184 e. The van der Waals surface area contributed by atoms with Crippen LogP contribution >= 0.6 is 37.9 Å². The van der Waals surface area contributed by atoms with Gasteiger partial charge < -0.3 is 4.43 Å². The Morgan fingerprint density at radius 2 is 1.59 bits per heavy atom. The summed E-state index contributed by atoms with van der Waals surface area (Å²) in [5.74, 6) is 0.824. The van der Waals surface area contributed by atoms with Gasteiger partial charge in [-0.15, -0.1) is 0 Å². The van der Waals surface area contributed by atoms with Gasteiger partial charge in [-0.1, -0.05) is 19.6 Å². The van der Waals surface area contributed by atoms with E-state index in [0.717, 1.165) is 16.5 Å². The summed E-state index contributed by atoms with van der Waals surface area (Å²) in [6, 6.07) is 1.22. The van der Waals surface area contributed by atoms with E-state index in [1.807, 2.05) is 0 Å². The highest BCUT2D eigenvalue weighted by Crippen LogP contribution is 2.45. The van der Waals surface area contributed by atoms with Crippen molar-refractivity contribution in [3.05, 3.63) is 0 Å². The molecule has 17 heavy (non-hydrogen) atoms. The van der Waals surface area contributed by atoms with Crippen molar-refractivity contribution in [2.24, 2.45) is 0 Å². The zero-order valence-corrected chi connectivity index (χ0v) is 17.3. The van der Waals surface area contributed by atoms with Crippen LogP contribution in [0.3, 0.4) is 0 Å². The van der Waals surface area contributed by atoms with E-state index in [1.54, 1.807) is 0 Å². The lowest BCUT2D eigenvalue weighted by Gasteiger charge is -2.59. The van der Waals surface area contributed by atoms with Crippen LogP contribution in [0.25, 0.3) is 0 Å². The fourth-order valence-electron chi connectivity index (χ4n) is 2.96. The summed E-state index contributed by atoms with van der Waals surface area (Å²) in [5.41, 5.74) is -0.0287. The van der Waals surface area contributed by atoms with Crippen molar-refractivity contribution in [2.75, 3.05) is 16.5 Å². The lowest BCUT2D eigenvalue weighted by molar-refractivity contribution is 0.127. The summed E-state index contributed by atoms with van der Waals surface area (Å²) in [6.07, 6.45) is 0. The van der Waals surface area contributed by atoms with Gasteiger partial charge in [-0.2, -0.15) is 37.9 Å². The van der Waals surface area contributed by atoms with E-state index in [4.69, 9.17) is 17.1 Å². The van der Waals surface area contributed by atoms with Gasteiger partial charge in [-0.3, -0.25) is 0 Å². The highest BCUT2D eigenvalue weighted by molar-refractivity contribution is 7.89. The molecule has 1 rings (SSSR count). The molecule has 0 saturated carbocycles. The van der Waals surface area contributed by atoms with Gasteiger partial charge in [0.1, 0.15) is 0 Å². The molecule has 1 nitrogen and oxygen atoms in total. The first-order valence-electron chi connectivity index (χ1n) is 6.12. The molecule has 0 radical (unpaired) electrons. The fourth-order valence-corrected chi connectivity index (χ4v) is 44.4. The number of rotatable bonds is 3.